The second kappa shape index (κ2) is 10.2. The number of hydrogen-bond acceptors (Lipinski definition) is 5. The van der Waals surface area contributed by atoms with Gasteiger partial charge in [-0.15, -0.1) is 0 Å². The fourth-order valence-electron chi connectivity index (χ4n) is 3.00. The molecule has 0 spiro atoms. The van der Waals surface area contributed by atoms with E-state index in [0.29, 0.717) is 11.3 Å². The summed E-state index contributed by atoms with van der Waals surface area (Å²) in [4.78, 5) is 35.9. The molecule has 0 bridgehead atoms. The second-order valence-corrected chi connectivity index (χ2v) is 6.97. The van der Waals surface area contributed by atoms with Crippen LogP contribution >= 0.6 is 0 Å². The maximum atomic E-state index is 12.2. The minimum atomic E-state index is -0.500. The summed E-state index contributed by atoms with van der Waals surface area (Å²) in [5.41, 5.74) is 4.50. The lowest BCUT2D eigenvalue weighted by Crippen LogP contribution is -2.22. The zero-order valence-corrected chi connectivity index (χ0v) is 17.4. The highest BCUT2D eigenvalue weighted by Gasteiger charge is 2.12. The van der Waals surface area contributed by atoms with Crippen molar-refractivity contribution in [2.75, 3.05) is 19.0 Å². The van der Waals surface area contributed by atoms with E-state index in [1.165, 1.54) is 13.2 Å². The molecule has 0 atom stereocenters. The van der Waals surface area contributed by atoms with Crippen molar-refractivity contribution in [2.45, 2.75) is 13.3 Å². The molecule has 6 nitrogen and oxygen atoms in total. The molecule has 1 N–H and O–H groups in total. The van der Waals surface area contributed by atoms with Gasteiger partial charge in [0.05, 0.1) is 19.1 Å². The third-order valence-electron chi connectivity index (χ3n) is 4.71. The van der Waals surface area contributed by atoms with Crippen molar-refractivity contribution in [3.8, 4) is 11.1 Å². The van der Waals surface area contributed by atoms with Crippen molar-refractivity contribution in [2.24, 2.45) is 0 Å². The van der Waals surface area contributed by atoms with Crippen molar-refractivity contribution >= 4 is 23.5 Å². The largest absolute Gasteiger partial charge is 0.465 e. The van der Waals surface area contributed by atoms with Crippen LogP contribution in [0.25, 0.3) is 11.1 Å². The molecule has 0 heterocycles. The predicted octanol–water partition coefficient (Wildman–Crippen LogP) is 4.17. The van der Waals surface area contributed by atoms with Gasteiger partial charge in [-0.25, -0.2) is 4.79 Å². The summed E-state index contributed by atoms with van der Waals surface area (Å²) in [6.45, 7) is 1.38. The summed E-state index contributed by atoms with van der Waals surface area (Å²) >= 11 is 0. The van der Waals surface area contributed by atoms with Gasteiger partial charge in [0.1, 0.15) is 0 Å². The zero-order valence-electron chi connectivity index (χ0n) is 17.4. The maximum absolute atomic E-state index is 12.2. The Morgan fingerprint density at radius 3 is 2.23 bits per heavy atom. The Kier molecular flexibility index (Phi) is 7.17. The molecule has 158 valence electrons. The van der Waals surface area contributed by atoms with Gasteiger partial charge in [0.25, 0.3) is 5.91 Å². The molecule has 3 rings (SSSR count). The molecular formula is C25H23NO5. The van der Waals surface area contributed by atoms with Crippen LogP contribution in [0, 0.1) is 6.92 Å². The number of amides is 1. The number of carbonyl (C=O) groups excluding carboxylic acids is 3. The normalized spacial score (nSPS) is 10.3. The summed E-state index contributed by atoms with van der Waals surface area (Å²) in [6.07, 6.45) is 0.0687. The topological polar surface area (TPSA) is 81.7 Å². The Morgan fingerprint density at radius 2 is 1.55 bits per heavy atom. The summed E-state index contributed by atoms with van der Waals surface area (Å²) in [5.74, 6) is -1.49. The molecule has 31 heavy (non-hydrogen) atoms. The van der Waals surface area contributed by atoms with E-state index >= 15 is 0 Å². The van der Waals surface area contributed by atoms with E-state index in [1.807, 2.05) is 54.6 Å². The number of nitrogens with one attached hydrogen (secondary N) is 1. The third kappa shape index (κ3) is 6.02. The van der Waals surface area contributed by atoms with Crippen LogP contribution in [0.5, 0.6) is 0 Å². The predicted molar refractivity (Wildman–Crippen MR) is 118 cm³/mol. The molecule has 0 aliphatic carbocycles. The minimum Gasteiger partial charge on any atom is -0.465 e. The van der Waals surface area contributed by atoms with Gasteiger partial charge < -0.3 is 14.8 Å². The Hall–Kier alpha value is -3.93. The van der Waals surface area contributed by atoms with E-state index in [9.17, 15) is 14.4 Å². The van der Waals surface area contributed by atoms with Crippen LogP contribution in [0.1, 0.15) is 21.5 Å². The lowest BCUT2D eigenvalue weighted by molar-refractivity contribution is -0.146. The van der Waals surface area contributed by atoms with Gasteiger partial charge in [0.2, 0.25) is 0 Å². The van der Waals surface area contributed by atoms with Crippen LogP contribution < -0.4 is 5.32 Å². The Bertz CT molecular complexity index is 1070. The van der Waals surface area contributed by atoms with E-state index < -0.39 is 24.5 Å². The first-order chi connectivity index (χ1) is 15.0. The number of hydrogen-bond donors (Lipinski definition) is 1. The highest BCUT2D eigenvalue weighted by Crippen LogP contribution is 2.20. The Balaban J connectivity index is 1.52. The molecule has 1 amide bonds. The van der Waals surface area contributed by atoms with Crippen molar-refractivity contribution in [3.63, 3.8) is 0 Å². The number of esters is 2. The van der Waals surface area contributed by atoms with E-state index in [4.69, 9.17) is 4.74 Å². The number of benzene rings is 3. The SMILES string of the molecule is COC(=O)c1ccc(C)c(NC(=O)COC(=O)Cc2ccc(-c3ccccc3)cc2)c1. The fraction of sp³-hybridized carbons (Fsp3) is 0.160. The Morgan fingerprint density at radius 1 is 0.871 bits per heavy atom. The Labute approximate surface area is 180 Å². The molecule has 0 aliphatic rings. The molecular weight excluding hydrogens is 394 g/mol. The van der Waals surface area contributed by atoms with Crippen molar-refractivity contribution in [3.05, 3.63) is 89.5 Å². The number of ether oxygens (including phenoxy) is 2. The number of aryl methyl sites for hydroxylation is 1. The molecule has 0 radical (unpaired) electrons. The fourth-order valence-corrected chi connectivity index (χ4v) is 3.00. The van der Waals surface area contributed by atoms with Crippen LogP contribution in [-0.4, -0.2) is 31.6 Å². The van der Waals surface area contributed by atoms with Gasteiger partial charge >= 0.3 is 11.9 Å². The summed E-state index contributed by atoms with van der Waals surface area (Å²) < 4.78 is 9.77. The van der Waals surface area contributed by atoms with Crippen LogP contribution in [0.4, 0.5) is 5.69 Å². The zero-order chi connectivity index (χ0) is 22.2. The summed E-state index contributed by atoms with van der Waals surface area (Å²) in [6, 6.07) is 22.4. The van der Waals surface area contributed by atoms with Gasteiger partial charge in [0.15, 0.2) is 6.61 Å². The monoisotopic (exact) mass is 417 g/mol. The third-order valence-corrected chi connectivity index (χ3v) is 4.71. The van der Waals surface area contributed by atoms with Gasteiger partial charge in [-0.05, 0) is 41.3 Å². The van der Waals surface area contributed by atoms with Gasteiger partial charge in [0, 0.05) is 5.69 Å². The van der Waals surface area contributed by atoms with E-state index in [1.54, 1.807) is 19.1 Å². The maximum Gasteiger partial charge on any atom is 0.337 e. The minimum absolute atomic E-state index is 0.0687. The lowest BCUT2D eigenvalue weighted by atomic mass is 10.0. The van der Waals surface area contributed by atoms with Gasteiger partial charge in [-0.2, -0.15) is 0 Å². The summed E-state index contributed by atoms with van der Waals surface area (Å²) in [5, 5.41) is 2.65. The van der Waals surface area contributed by atoms with Crippen LogP contribution in [0.15, 0.2) is 72.8 Å². The smallest absolute Gasteiger partial charge is 0.337 e. The lowest BCUT2D eigenvalue weighted by Gasteiger charge is -2.10. The van der Waals surface area contributed by atoms with Gasteiger partial charge in [-0.3, -0.25) is 9.59 Å². The first kappa shape index (κ1) is 21.8. The number of methoxy groups -OCH3 is 1. The first-order valence-corrected chi connectivity index (χ1v) is 9.75. The highest BCUT2D eigenvalue weighted by atomic mass is 16.5. The number of carbonyl (C=O) groups is 3. The van der Waals surface area contributed by atoms with E-state index in [0.717, 1.165) is 22.3 Å². The summed E-state index contributed by atoms with van der Waals surface area (Å²) in [7, 11) is 1.29. The second-order valence-electron chi connectivity index (χ2n) is 6.97. The quantitative estimate of drug-likeness (QED) is 0.584. The molecule has 0 saturated carbocycles. The molecule has 0 fully saturated rings. The van der Waals surface area contributed by atoms with Crippen LogP contribution in [0.3, 0.4) is 0 Å². The van der Waals surface area contributed by atoms with Gasteiger partial charge in [-0.1, -0.05) is 60.7 Å². The average Bonchev–Trinajstić information content (AvgIpc) is 2.79. The average molecular weight is 417 g/mol. The van der Waals surface area contributed by atoms with Crippen LogP contribution in [0.2, 0.25) is 0 Å². The molecule has 0 saturated heterocycles. The standard InChI is InChI=1S/C25H23NO5/c1-17-8-11-21(25(29)30-2)15-22(17)26-23(27)16-31-24(28)14-18-9-12-20(13-10-18)19-6-4-3-5-7-19/h3-13,15H,14,16H2,1-2H3,(H,26,27). The van der Waals surface area contributed by atoms with Crippen LogP contribution in [-0.2, 0) is 25.5 Å². The number of anilines is 1. The van der Waals surface area contributed by atoms with Crippen molar-refractivity contribution in [1.82, 2.24) is 0 Å². The first-order valence-electron chi connectivity index (χ1n) is 9.75. The number of rotatable bonds is 7. The molecule has 0 aliphatic heterocycles. The molecule has 6 heteroatoms. The molecule has 0 aromatic heterocycles. The highest BCUT2D eigenvalue weighted by molar-refractivity contribution is 5.96. The van der Waals surface area contributed by atoms with E-state index in [-0.39, 0.29) is 6.42 Å². The van der Waals surface area contributed by atoms with E-state index in [2.05, 4.69) is 10.1 Å². The van der Waals surface area contributed by atoms with Crippen molar-refractivity contribution < 1.29 is 23.9 Å². The molecule has 3 aromatic rings. The van der Waals surface area contributed by atoms with Crippen molar-refractivity contribution in [1.29, 1.82) is 0 Å². The molecule has 3 aromatic carbocycles. The molecule has 0 unspecified atom stereocenters.